The lowest BCUT2D eigenvalue weighted by molar-refractivity contribution is 0.148. The number of hydrogen-bond donors (Lipinski definition) is 1. The molecule has 0 radical (unpaired) electrons. The predicted octanol–water partition coefficient (Wildman–Crippen LogP) is 1.18. The van der Waals surface area contributed by atoms with E-state index in [-0.39, 0.29) is 0 Å². The summed E-state index contributed by atoms with van der Waals surface area (Å²) in [5.41, 5.74) is 1.35. The highest BCUT2D eigenvalue weighted by molar-refractivity contribution is 5.09. The van der Waals surface area contributed by atoms with Crippen molar-refractivity contribution in [1.29, 1.82) is 0 Å². The van der Waals surface area contributed by atoms with E-state index in [9.17, 15) is 0 Å². The zero-order valence-electron chi connectivity index (χ0n) is 11.6. The summed E-state index contributed by atoms with van der Waals surface area (Å²) in [6.45, 7) is 7.72. The highest BCUT2D eigenvalue weighted by Gasteiger charge is 1.98. The Bertz CT molecular complexity index is 292. The van der Waals surface area contributed by atoms with Crippen LogP contribution in [-0.4, -0.2) is 56.3 Å². The first kappa shape index (κ1) is 15.1. The molecule has 0 bridgehead atoms. The molecule has 0 aliphatic carbocycles. The molecule has 4 heteroatoms. The fourth-order valence-corrected chi connectivity index (χ4v) is 1.66. The number of hydrogen-bond acceptors (Lipinski definition) is 4. The molecule has 0 aliphatic heterocycles. The third-order valence-corrected chi connectivity index (χ3v) is 2.83. The molecule has 0 amide bonds. The second kappa shape index (κ2) is 10.00. The van der Waals surface area contributed by atoms with Crippen molar-refractivity contribution in [2.24, 2.45) is 0 Å². The summed E-state index contributed by atoms with van der Waals surface area (Å²) >= 11 is 0. The summed E-state index contributed by atoms with van der Waals surface area (Å²) in [6, 6.07) is 4.16. The number of nitrogens with zero attached hydrogens (tertiary/aromatic N) is 2. The van der Waals surface area contributed by atoms with Gasteiger partial charge in [0.15, 0.2) is 0 Å². The zero-order valence-corrected chi connectivity index (χ0v) is 11.6. The minimum Gasteiger partial charge on any atom is -0.380 e. The topological polar surface area (TPSA) is 37.4 Å². The van der Waals surface area contributed by atoms with Crippen LogP contribution in [0.2, 0.25) is 0 Å². The zero-order chi connectivity index (χ0) is 13.1. The fraction of sp³-hybridized carbons (Fsp3) is 0.643. The van der Waals surface area contributed by atoms with E-state index in [1.54, 1.807) is 0 Å². The van der Waals surface area contributed by atoms with E-state index in [2.05, 4.69) is 34.4 Å². The molecule has 18 heavy (non-hydrogen) atoms. The normalized spacial score (nSPS) is 11.1. The van der Waals surface area contributed by atoms with Gasteiger partial charge in [-0.3, -0.25) is 4.98 Å². The molecule has 4 nitrogen and oxygen atoms in total. The van der Waals surface area contributed by atoms with Gasteiger partial charge in [-0.1, -0.05) is 0 Å². The van der Waals surface area contributed by atoms with Crippen LogP contribution in [-0.2, 0) is 11.2 Å². The Morgan fingerprint density at radius 3 is 2.72 bits per heavy atom. The summed E-state index contributed by atoms with van der Waals surface area (Å²) in [4.78, 5) is 6.36. The minimum atomic E-state index is 0.799. The van der Waals surface area contributed by atoms with Crippen molar-refractivity contribution >= 4 is 0 Å². The van der Waals surface area contributed by atoms with Gasteiger partial charge in [0.2, 0.25) is 0 Å². The molecule has 1 aromatic heterocycles. The third-order valence-electron chi connectivity index (χ3n) is 2.83. The number of likely N-dealkylation sites (N-methyl/N-ethyl adjacent to an activating group) is 1. The first-order valence-corrected chi connectivity index (χ1v) is 6.69. The fourth-order valence-electron chi connectivity index (χ4n) is 1.66. The van der Waals surface area contributed by atoms with Gasteiger partial charge < -0.3 is 15.0 Å². The standard InChI is InChI=1S/C14H25N3O/c1-3-18-13-10-16-9-12-17(2)11-6-14-4-7-15-8-5-14/h4-5,7-8,16H,3,6,9-13H2,1-2H3. The smallest absolute Gasteiger partial charge is 0.0590 e. The maximum absolute atomic E-state index is 5.26. The van der Waals surface area contributed by atoms with Gasteiger partial charge in [0, 0.05) is 45.2 Å². The molecule has 1 N–H and O–H groups in total. The van der Waals surface area contributed by atoms with E-state index in [1.807, 2.05) is 19.3 Å². The van der Waals surface area contributed by atoms with Gasteiger partial charge in [0.05, 0.1) is 6.61 Å². The van der Waals surface area contributed by atoms with Crippen molar-refractivity contribution in [2.75, 3.05) is 46.4 Å². The van der Waals surface area contributed by atoms with Gasteiger partial charge in [0.25, 0.3) is 0 Å². The van der Waals surface area contributed by atoms with E-state index < -0.39 is 0 Å². The first-order chi connectivity index (χ1) is 8.83. The van der Waals surface area contributed by atoms with Gasteiger partial charge in [-0.05, 0) is 38.1 Å². The summed E-state index contributed by atoms with van der Waals surface area (Å²) in [7, 11) is 2.16. The molecule has 0 saturated heterocycles. The number of nitrogens with one attached hydrogen (secondary N) is 1. The quantitative estimate of drug-likeness (QED) is 0.634. The molecule has 1 heterocycles. The maximum atomic E-state index is 5.26. The van der Waals surface area contributed by atoms with Crippen LogP contribution in [0.25, 0.3) is 0 Å². The van der Waals surface area contributed by atoms with Crippen molar-refractivity contribution in [2.45, 2.75) is 13.3 Å². The average molecular weight is 251 g/mol. The molecule has 0 unspecified atom stereocenters. The number of pyridine rings is 1. The Labute approximate surface area is 110 Å². The van der Waals surface area contributed by atoms with Gasteiger partial charge in [-0.15, -0.1) is 0 Å². The van der Waals surface area contributed by atoms with Crippen molar-refractivity contribution in [1.82, 2.24) is 15.2 Å². The van der Waals surface area contributed by atoms with Crippen LogP contribution >= 0.6 is 0 Å². The van der Waals surface area contributed by atoms with Gasteiger partial charge in [-0.2, -0.15) is 0 Å². The number of ether oxygens (including phenoxy) is 1. The molecular weight excluding hydrogens is 226 g/mol. The molecule has 0 spiro atoms. The molecular formula is C14H25N3O. The molecule has 102 valence electrons. The lowest BCUT2D eigenvalue weighted by Crippen LogP contribution is -2.32. The largest absolute Gasteiger partial charge is 0.380 e. The second-order valence-electron chi connectivity index (χ2n) is 4.36. The molecule has 1 aromatic rings. The molecule has 0 aliphatic rings. The first-order valence-electron chi connectivity index (χ1n) is 6.69. The van der Waals surface area contributed by atoms with Crippen LogP contribution in [0.15, 0.2) is 24.5 Å². The molecule has 0 saturated carbocycles. The SMILES string of the molecule is CCOCCNCCN(C)CCc1ccncc1. The van der Waals surface area contributed by atoms with Gasteiger partial charge in [-0.25, -0.2) is 0 Å². The van der Waals surface area contributed by atoms with Crippen molar-refractivity contribution in [3.8, 4) is 0 Å². The Morgan fingerprint density at radius 1 is 1.22 bits per heavy atom. The third kappa shape index (κ3) is 7.37. The molecule has 0 aromatic carbocycles. The Kier molecular flexibility index (Phi) is 8.38. The van der Waals surface area contributed by atoms with Crippen LogP contribution in [0.4, 0.5) is 0 Å². The van der Waals surface area contributed by atoms with Gasteiger partial charge in [0.1, 0.15) is 0 Å². The van der Waals surface area contributed by atoms with Crippen molar-refractivity contribution in [3.63, 3.8) is 0 Å². The Balaban J connectivity index is 1.99. The summed E-state index contributed by atoms with van der Waals surface area (Å²) < 4.78 is 5.26. The Morgan fingerprint density at radius 2 is 2.00 bits per heavy atom. The lowest BCUT2D eigenvalue weighted by atomic mass is 10.2. The van der Waals surface area contributed by atoms with Crippen LogP contribution in [0, 0.1) is 0 Å². The van der Waals surface area contributed by atoms with Crippen LogP contribution in [0.5, 0.6) is 0 Å². The highest BCUT2D eigenvalue weighted by atomic mass is 16.5. The van der Waals surface area contributed by atoms with Gasteiger partial charge >= 0.3 is 0 Å². The predicted molar refractivity (Wildman–Crippen MR) is 74.8 cm³/mol. The van der Waals surface area contributed by atoms with Crippen LogP contribution in [0.3, 0.4) is 0 Å². The molecule has 1 rings (SSSR count). The second-order valence-corrected chi connectivity index (χ2v) is 4.36. The molecule has 0 atom stereocenters. The summed E-state index contributed by atoms with van der Waals surface area (Å²) in [5, 5.41) is 3.37. The summed E-state index contributed by atoms with van der Waals surface area (Å²) in [6.07, 6.45) is 4.78. The lowest BCUT2D eigenvalue weighted by Gasteiger charge is -2.16. The Hall–Kier alpha value is -0.970. The van der Waals surface area contributed by atoms with Crippen LogP contribution < -0.4 is 5.32 Å². The highest BCUT2D eigenvalue weighted by Crippen LogP contribution is 1.98. The molecule has 0 fully saturated rings. The number of rotatable bonds is 10. The van der Waals surface area contributed by atoms with Crippen molar-refractivity contribution in [3.05, 3.63) is 30.1 Å². The summed E-state index contributed by atoms with van der Waals surface area (Å²) in [5.74, 6) is 0. The van der Waals surface area contributed by atoms with Crippen LogP contribution in [0.1, 0.15) is 12.5 Å². The van der Waals surface area contributed by atoms with E-state index in [0.29, 0.717) is 0 Å². The van der Waals surface area contributed by atoms with E-state index >= 15 is 0 Å². The maximum Gasteiger partial charge on any atom is 0.0590 e. The average Bonchev–Trinajstić information content (AvgIpc) is 2.41. The minimum absolute atomic E-state index is 0.799. The number of aromatic nitrogens is 1. The van der Waals surface area contributed by atoms with E-state index in [1.165, 1.54) is 5.56 Å². The van der Waals surface area contributed by atoms with E-state index in [0.717, 1.165) is 45.8 Å². The monoisotopic (exact) mass is 251 g/mol. The van der Waals surface area contributed by atoms with E-state index in [4.69, 9.17) is 4.74 Å². The van der Waals surface area contributed by atoms with Crippen molar-refractivity contribution < 1.29 is 4.74 Å².